The second-order valence-corrected chi connectivity index (χ2v) is 5.91. The number of carbonyl (C=O) groups is 1. The first-order valence-corrected chi connectivity index (χ1v) is 7.49. The van der Waals surface area contributed by atoms with Crippen LogP contribution in [0, 0.1) is 13.8 Å². The molecule has 1 fully saturated rings. The summed E-state index contributed by atoms with van der Waals surface area (Å²) < 4.78 is 5.72. The third-order valence-electron chi connectivity index (χ3n) is 3.44. The van der Waals surface area contributed by atoms with Crippen LogP contribution >= 0.6 is 11.3 Å². The van der Waals surface area contributed by atoms with E-state index in [0.717, 1.165) is 22.0 Å². The molecule has 6 heteroatoms. The summed E-state index contributed by atoms with van der Waals surface area (Å²) in [5.41, 5.74) is 2.04. The van der Waals surface area contributed by atoms with E-state index in [-0.39, 0.29) is 12.0 Å². The van der Waals surface area contributed by atoms with Crippen LogP contribution in [0.2, 0.25) is 0 Å². The quantitative estimate of drug-likeness (QED) is 0.923. The smallest absolute Gasteiger partial charge is 0.264 e. The molecular formula is C14H17N3O2S. The van der Waals surface area contributed by atoms with Gasteiger partial charge in [0, 0.05) is 18.4 Å². The minimum absolute atomic E-state index is 0.0917. The maximum absolute atomic E-state index is 12.5. The Morgan fingerprint density at radius 1 is 1.55 bits per heavy atom. The number of aromatic amines is 1. The van der Waals surface area contributed by atoms with Gasteiger partial charge in [-0.15, -0.1) is 11.3 Å². The minimum Gasteiger partial charge on any atom is -0.367 e. The first-order valence-electron chi connectivity index (χ1n) is 6.61. The Morgan fingerprint density at radius 3 is 3.05 bits per heavy atom. The topological polar surface area (TPSA) is 58.2 Å². The van der Waals surface area contributed by atoms with Crippen molar-refractivity contribution >= 4 is 17.2 Å². The molecule has 0 spiro atoms. The van der Waals surface area contributed by atoms with Crippen LogP contribution in [0.25, 0.3) is 0 Å². The molecule has 2 aromatic rings. The van der Waals surface area contributed by atoms with E-state index < -0.39 is 0 Å². The summed E-state index contributed by atoms with van der Waals surface area (Å²) in [6.07, 6.45) is 1.62. The highest BCUT2D eigenvalue weighted by atomic mass is 32.1. The fourth-order valence-corrected chi connectivity index (χ4v) is 3.22. The van der Waals surface area contributed by atoms with Gasteiger partial charge in [-0.1, -0.05) is 0 Å². The fraction of sp³-hybridized carbons (Fsp3) is 0.429. The van der Waals surface area contributed by atoms with Crippen LogP contribution in [-0.2, 0) is 4.74 Å². The first-order chi connectivity index (χ1) is 9.65. The van der Waals surface area contributed by atoms with Crippen molar-refractivity contribution in [1.29, 1.82) is 0 Å². The van der Waals surface area contributed by atoms with E-state index in [9.17, 15) is 4.79 Å². The number of hydrogen-bond acceptors (Lipinski definition) is 4. The molecule has 0 radical (unpaired) electrons. The molecule has 1 N–H and O–H groups in total. The van der Waals surface area contributed by atoms with Gasteiger partial charge in [0.2, 0.25) is 0 Å². The Kier molecular flexibility index (Phi) is 3.58. The third-order valence-corrected chi connectivity index (χ3v) is 4.44. The molecule has 1 amide bonds. The molecule has 0 aliphatic carbocycles. The Bertz CT molecular complexity index is 619. The number of hydrogen-bond donors (Lipinski definition) is 1. The summed E-state index contributed by atoms with van der Waals surface area (Å²) in [7, 11) is 0. The van der Waals surface area contributed by atoms with Gasteiger partial charge in [0.15, 0.2) is 0 Å². The van der Waals surface area contributed by atoms with Crippen molar-refractivity contribution in [3.8, 4) is 0 Å². The number of rotatable bonds is 2. The molecule has 20 heavy (non-hydrogen) atoms. The predicted octanol–water partition coefficient (Wildman–Crippen LogP) is 2.30. The summed E-state index contributed by atoms with van der Waals surface area (Å²) in [4.78, 5) is 22.7. The number of H-pyrrole nitrogens is 1. The van der Waals surface area contributed by atoms with Crippen molar-refractivity contribution in [1.82, 2.24) is 14.9 Å². The van der Waals surface area contributed by atoms with E-state index in [2.05, 4.69) is 9.97 Å². The molecule has 1 aliphatic rings. The zero-order valence-corrected chi connectivity index (χ0v) is 12.4. The van der Waals surface area contributed by atoms with Gasteiger partial charge in [0.1, 0.15) is 11.9 Å². The lowest BCUT2D eigenvalue weighted by molar-refractivity contribution is -0.0263. The van der Waals surface area contributed by atoms with E-state index in [0.29, 0.717) is 19.7 Å². The molecule has 0 aromatic carbocycles. The maximum atomic E-state index is 12.5. The monoisotopic (exact) mass is 291 g/mol. The van der Waals surface area contributed by atoms with Crippen LogP contribution in [-0.4, -0.2) is 40.5 Å². The molecule has 2 aromatic heterocycles. The Hall–Kier alpha value is -1.66. The molecule has 1 aliphatic heterocycles. The lowest BCUT2D eigenvalue weighted by atomic mass is 10.2. The van der Waals surface area contributed by atoms with Gasteiger partial charge in [0.25, 0.3) is 5.91 Å². The molecule has 5 nitrogen and oxygen atoms in total. The predicted molar refractivity (Wildman–Crippen MR) is 77.0 cm³/mol. The highest BCUT2D eigenvalue weighted by molar-refractivity contribution is 7.12. The van der Waals surface area contributed by atoms with Crippen LogP contribution in [0.15, 0.2) is 17.6 Å². The van der Waals surface area contributed by atoms with Crippen molar-refractivity contribution in [3.05, 3.63) is 39.6 Å². The van der Waals surface area contributed by atoms with E-state index in [1.165, 1.54) is 11.3 Å². The molecular weight excluding hydrogens is 274 g/mol. The zero-order chi connectivity index (χ0) is 14.1. The van der Waals surface area contributed by atoms with Crippen LogP contribution in [0.4, 0.5) is 0 Å². The molecule has 3 heterocycles. The molecule has 106 valence electrons. The van der Waals surface area contributed by atoms with Crippen molar-refractivity contribution in [3.63, 3.8) is 0 Å². The zero-order valence-electron chi connectivity index (χ0n) is 11.5. The van der Waals surface area contributed by atoms with E-state index in [1.54, 1.807) is 6.20 Å². The number of thiophene rings is 1. The van der Waals surface area contributed by atoms with E-state index >= 15 is 0 Å². The van der Waals surface area contributed by atoms with Gasteiger partial charge in [-0.3, -0.25) is 4.79 Å². The number of imidazole rings is 1. The van der Waals surface area contributed by atoms with Crippen molar-refractivity contribution in [2.45, 2.75) is 20.0 Å². The second kappa shape index (κ2) is 5.38. The van der Waals surface area contributed by atoms with Crippen LogP contribution in [0.1, 0.15) is 32.9 Å². The molecule has 0 saturated carbocycles. The first kappa shape index (κ1) is 13.3. The lowest BCUT2D eigenvalue weighted by Crippen LogP contribution is -2.42. The summed E-state index contributed by atoms with van der Waals surface area (Å²) in [5, 5.41) is 1.95. The highest BCUT2D eigenvalue weighted by Crippen LogP contribution is 2.24. The van der Waals surface area contributed by atoms with Crippen LogP contribution in [0.5, 0.6) is 0 Å². The van der Waals surface area contributed by atoms with E-state index in [4.69, 9.17) is 4.74 Å². The normalized spacial score (nSPS) is 19.3. The van der Waals surface area contributed by atoms with Gasteiger partial charge in [-0.2, -0.15) is 0 Å². The second-order valence-electron chi connectivity index (χ2n) is 4.99. The number of carbonyl (C=O) groups excluding carboxylic acids is 1. The summed E-state index contributed by atoms with van der Waals surface area (Å²) in [5.74, 6) is 0.886. The molecule has 0 unspecified atom stereocenters. The largest absolute Gasteiger partial charge is 0.367 e. The maximum Gasteiger partial charge on any atom is 0.264 e. The molecule has 3 rings (SSSR count). The van der Waals surface area contributed by atoms with Crippen molar-refractivity contribution in [2.24, 2.45) is 0 Å². The lowest BCUT2D eigenvalue weighted by Gasteiger charge is -2.32. The molecule has 1 atom stereocenters. The minimum atomic E-state index is -0.165. The number of nitrogens with one attached hydrogen (secondary N) is 1. The number of ether oxygens (including phenoxy) is 1. The van der Waals surface area contributed by atoms with Gasteiger partial charge >= 0.3 is 0 Å². The SMILES string of the molecule is Cc1cnc([C@@H]2CN(C(=O)c3sccc3C)CCO2)[nH]1. The number of amides is 1. The molecule has 0 bridgehead atoms. The summed E-state index contributed by atoms with van der Waals surface area (Å²) >= 11 is 1.50. The van der Waals surface area contributed by atoms with Crippen molar-refractivity contribution in [2.75, 3.05) is 19.7 Å². The van der Waals surface area contributed by atoms with Crippen LogP contribution in [0.3, 0.4) is 0 Å². The van der Waals surface area contributed by atoms with E-state index in [1.807, 2.05) is 30.2 Å². The Labute approximate surface area is 121 Å². The third kappa shape index (κ3) is 2.48. The fourth-order valence-electron chi connectivity index (χ4n) is 2.33. The van der Waals surface area contributed by atoms with Crippen LogP contribution < -0.4 is 0 Å². The number of morpholine rings is 1. The molecule has 1 saturated heterocycles. The number of aromatic nitrogens is 2. The number of aryl methyl sites for hydroxylation is 2. The summed E-state index contributed by atoms with van der Waals surface area (Å²) in [6.45, 7) is 5.64. The Balaban J connectivity index is 1.75. The van der Waals surface area contributed by atoms with Gasteiger partial charge < -0.3 is 14.6 Å². The number of nitrogens with zero attached hydrogens (tertiary/aromatic N) is 2. The van der Waals surface area contributed by atoms with Gasteiger partial charge in [0.05, 0.1) is 18.0 Å². The average molecular weight is 291 g/mol. The standard InChI is InChI=1S/C14H17N3O2S/c1-9-3-6-20-12(9)14(18)17-4-5-19-11(8-17)13-15-7-10(2)16-13/h3,6-7,11H,4-5,8H2,1-2H3,(H,15,16)/t11-/m0/s1. The Morgan fingerprint density at radius 2 is 2.40 bits per heavy atom. The highest BCUT2D eigenvalue weighted by Gasteiger charge is 2.28. The van der Waals surface area contributed by atoms with Gasteiger partial charge in [-0.05, 0) is 30.9 Å². The van der Waals surface area contributed by atoms with Gasteiger partial charge in [-0.25, -0.2) is 4.98 Å². The average Bonchev–Trinajstić information content (AvgIpc) is 3.07. The van der Waals surface area contributed by atoms with Crippen molar-refractivity contribution < 1.29 is 9.53 Å². The summed E-state index contributed by atoms with van der Waals surface area (Å²) in [6, 6.07) is 1.98.